The summed E-state index contributed by atoms with van der Waals surface area (Å²) in [4.78, 5) is 16.2. The molecule has 4 rings (SSSR count). The number of oxime groups is 1. The summed E-state index contributed by atoms with van der Waals surface area (Å²) in [5, 5.41) is 14.3. The molecule has 0 radical (unpaired) electrons. The van der Waals surface area contributed by atoms with Crippen molar-refractivity contribution in [1.82, 2.24) is 0 Å². The van der Waals surface area contributed by atoms with Gasteiger partial charge in [0.2, 0.25) is 0 Å². The third-order valence-electron chi connectivity index (χ3n) is 8.10. The molecule has 0 aromatic carbocycles. The molecule has 4 aliphatic carbocycles. The van der Waals surface area contributed by atoms with E-state index in [1.54, 1.807) is 0 Å². The second-order valence-corrected chi connectivity index (χ2v) is 9.27. The standard InChI is InChI=1S/C21H31NO3/c1-13(23)25-22-19-7-6-17-16-5-4-14-12-15(24)8-10-20(14,2)18(16)9-11-21(17,19)3/h4,15-18,24H,5-12H2,1-3H3/b22-19+/t15-,16-,17-,18-,20-,21-/m0/s1. The fourth-order valence-corrected chi connectivity index (χ4v) is 6.70. The summed E-state index contributed by atoms with van der Waals surface area (Å²) in [5.74, 6) is 1.74. The van der Waals surface area contributed by atoms with Gasteiger partial charge in [-0.15, -0.1) is 0 Å². The van der Waals surface area contributed by atoms with Gasteiger partial charge in [-0.1, -0.05) is 30.7 Å². The van der Waals surface area contributed by atoms with Gasteiger partial charge < -0.3 is 9.94 Å². The van der Waals surface area contributed by atoms with E-state index in [9.17, 15) is 9.90 Å². The fourth-order valence-electron chi connectivity index (χ4n) is 6.70. The van der Waals surface area contributed by atoms with Gasteiger partial charge in [0, 0.05) is 12.3 Å². The van der Waals surface area contributed by atoms with Gasteiger partial charge >= 0.3 is 5.97 Å². The van der Waals surface area contributed by atoms with E-state index >= 15 is 0 Å². The number of aliphatic hydroxyl groups is 1. The number of rotatable bonds is 1. The molecule has 0 spiro atoms. The SMILES string of the molecule is CC(=O)O/N=C1\CC[C@H]2[C@@H]3CC=C4C[C@@H](O)CC[C@]4(C)[C@H]3CC[C@]12C. The van der Waals surface area contributed by atoms with Crippen LogP contribution in [0.5, 0.6) is 0 Å². The predicted octanol–water partition coefficient (Wildman–Crippen LogP) is 4.23. The summed E-state index contributed by atoms with van der Waals surface area (Å²) in [5.41, 5.74) is 2.99. The van der Waals surface area contributed by atoms with Crippen LogP contribution in [0.1, 0.15) is 72.1 Å². The van der Waals surface area contributed by atoms with Crippen molar-refractivity contribution in [2.45, 2.75) is 78.2 Å². The Hall–Kier alpha value is -1.16. The molecule has 25 heavy (non-hydrogen) atoms. The molecule has 0 saturated heterocycles. The number of hydrogen-bond donors (Lipinski definition) is 1. The van der Waals surface area contributed by atoms with Crippen molar-refractivity contribution in [3.05, 3.63) is 11.6 Å². The lowest BCUT2D eigenvalue weighted by molar-refractivity contribution is -0.141. The Bertz CT molecular complexity index is 639. The molecule has 0 aromatic rings. The smallest absolute Gasteiger partial charge is 0.331 e. The maximum Gasteiger partial charge on any atom is 0.331 e. The third kappa shape index (κ3) is 2.59. The van der Waals surface area contributed by atoms with E-state index in [0.29, 0.717) is 11.8 Å². The molecule has 4 heteroatoms. The molecule has 3 saturated carbocycles. The first-order valence-electron chi connectivity index (χ1n) is 9.97. The van der Waals surface area contributed by atoms with Crippen LogP contribution >= 0.6 is 0 Å². The van der Waals surface area contributed by atoms with Crippen LogP contribution in [0.4, 0.5) is 0 Å². The van der Waals surface area contributed by atoms with Gasteiger partial charge in [-0.2, -0.15) is 0 Å². The number of aliphatic hydroxyl groups excluding tert-OH is 1. The average molecular weight is 345 g/mol. The van der Waals surface area contributed by atoms with E-state index in [4.69, 9.17) is 4.84 Å². The largest absolute Gasteiger partial charge is 0.393 e. The van der Waals surface area contributed by atoms with Gasteiger partial charge in [0.25, 0.3) is 0 Å². The van der Waals surface area contributed by atoms with Crippen molar-refractivity contribution < 1.29 is 14.7 Å². The molecule has 3 fully saturated rings. The zero-order valence-electron chi connectivity index (χ0n) is 15.8. The predicted molar refractivity (Wildman–Crippen MR) is 96.9 cm³/mol. The molecule has 1 N–H and O–H groups in total. The summed E-state index contributed by atoms with van der Waals surface area (Å²) in [6.07, 6.45) is 10.9. The molecule has 0 aromatic heterocycles. The quantitative estimate of drug-likeness (QED) is 0.439. The zero-order chi connectivity index (χ0) is 17.8. The lowest BCUT2D eigenvalue weighted by Gasteiger charge is -2.57. The normalized spacial score (nSPS) is 47.5. The van der Waals surface area contributed by atoms with Crippen LogP contribution in [0.3, 0.4) is 0 Å². The Balaban J connectivity index is 1.62. The number of nitrogens with zero attached hydrogens (tertiary/aromatic N) is 1. The summed E-state index contributed by atoms with van der Waals surface area (Å²) >= 11 is 0. The van der Waals surface area contributed by atoms with Crippen molar-refractivity contribution in [2.24, 2.45) is 33.7 Å². The second-order valence-electron chi connectivity index (χ2n) is 9.27. The summed E-state index contributed by atoms with van der Waals surface area (Å²) in [6, 6.07) is 0. The van der Waals surface area contributed by atoms with E-state index in [-0.39, 0.29) is 22.9 Å². The van der Waals surface area contributed by atoms with Gasteiger partial charge in [-0.05, 0) is 74.5 Å². The minimum atomic E-state index is -0.327. The molecule has 0 amide bonds. The van der Waals surface area contributed by atoms with Crippen LogP contribution in [0, 0.1) is 28.6 Å². The summed E-state index contributed by atoms with van der Waals surface area (Å²) < 4.78 is 0. The first kappa shape index (κ1) is 17.3. The molecular weight excluding hydrogens is 314 g/mol. The molecule has 0 unspecified atom stereocenters. The van der Waals surface area contributed by atoms with Gasteiger partial charge in [0.1, 0.15) is 0 Å². The van der Waals surface area contributed by atoms with Crippen LogP contribution in [0.2, 0.25) is 0 Å². The van der Waals surface area contributed by atoms with Crippen molar-refractivity contribution in [3.63, 3.8) is 0 Å². The lowest BCUT2D eigenvalue weighted by Crippen LogP contribution is -2.50. The first-order valence-corrected chi connectivity index (χ1v) is 9.97. The Kier molecular flexibility index (Phi) is 4.10. The van der Waals surface area contributed by atoms with E-state index in [1.165, 1.54) is 25.3 Å². The van der Waals surface area contributed by atoms with Crippen LogP contribution in [-0.4, -0.2) is 22.9 Å². The Labute approximate surface area is 150 Å². The molecule has 0 aliphatic heterocycles. The maximum absolute atomic E-state index is 11.2. The van der Waals surface area contributed by atoms with Crippen molar-refractivity contribution in [3.8, 4) is 0 Å². The number of carbonyl (C=O) groups excluding carboxylic acids is 1. The van der Waals surface area contributed by atoms with Gasteiger partial charge in [-0.25, -0.2) is 4.79 Å². The minimum Gasteiger partial charge on any atom is -0.393 e. The Morgan fingerprint density at radius 1 is 1.20 bits per heavy atom. The number of carbonyl (C=O) groups is 1. The maximum atomic E-state index is 11.2. The molecule has 0 heterocycles. The molecule has 4 aliphatic rings. The van der Waals surface area contributed by atoms with Crippen LogP contribution in [-0.2, 0) is 9.63 Å². The van der Waals surface area contributed by atoms with E-state index in [0.717, 1.165) is 50.2 Å². The number of allylic oxidation sites excluding steroid dienone is 1. The van der Waals surface area contributed by atoms with Crippen molar-refractivity contribution in [1.29, 1.82) is 0 Å². The van der Waals surface area contributed by atoms with E-state index in [1.807, 2.05) is 0 Å². The highest BCUT2D eigenvalue weighted by Gasteiger charge is 2.58. The van der Waals surface area contributed by atoms with E-state index < -0.39 is 0 Å². The summed E-state index contributed by atoms with van der Waals surface area (Å²) in [6.45, 7) is 6.21. The number of fused-ring (bicyclic) bond motifs is 5. The average Bonchev–Trinajstić information content (AvgIpc) is 2.90. The zero-order valence-corrected chi connectivity index (χ0v) is 15.8. The Morgan fingerprint density at radius 3 is 2.68 bits per heavy atom. The second kappa shape index (κ2) is 5.94. The molecule has 4 nitrogen and oxygen atoms in total. The van der Waals surface area contributed by atoms with Gasteiger partial charge in [-0.3, -0.25) is 0 Å². The summed E-state index contributed by atoms with van der Waals surface area (Å²) in [7, 11) is 0. The lowest BCUT2D eigenvalue weighted by atomic mass is 9.48. The topological polar surface area (TPSA) is 58.9 Å². The minimum absolute atomic E-state index is 0.0898. The molecule has 6 atom stereocenters. The van der Waals surface area contributed by atoms with Crippen molar-refractivity contribution in [2.75, 3.05) is 0 Å². The highest BCUT2D eigenvalue weighted by molar-refractivity contribution is 5.92. The first-order chi connectivity index (χ1) is 11.8. The highest BCUT2D eigenvalue weighted by Crippen LogP contribution is 2.64. The fraction of sp³-hybridized carbons (Fsp3) is 0.810. The van der Waals surface area contributed by atoms with Gasteiger partial charge in [0.15, 0.2) is 0 Å². The molecule has 0 bridgehead atoms. The third-order valence-corrected chi connectivity index (χ3v) is 8.10. The van der Waals surface area contributed by atoms with Crippen LogP contribution < -0.4 is 0 Å². The molecule has 138 valence electrons. The number of hydrogen-bond acceptors (Lipinski definition) is 4. The monoisotopic (exact) mass is 345 g/mol. The van der Waals surface area contributed by atoms with Gasteiger partial charge in [0.05, 0.1) is 11.8 Å². The van der Waals surface area contributed by atoms with Crippen LogP contribution in [0.15, 0.2) is 16.8 Å². The van der Waals surface area contributed by atoms with Crippen molar-refractivity contribution >= 4 is 11.7 Å². The van der Waals surface area contributed by atoms with E-state index in [2.05, 4.69) is 25.1 Å². The molecular formula is C21H31NO3. The Morgan fingerprint density at radius 2 is 1.92 bits per heavy atom. The highest BCUT2D eigenvalue weighted by atomic mass is 16.7. The van der Waals surface area contributed by atoms with Crippen LogP contribution in [0.25, 0.3) is 0 Å².